The highest BCUT2D eigenvalue weighted by molar-refractivity contribution is 5.60. The number of benzene rings is 1. The first kappa shape index (κ1) is 16.5. The number of anilines is 1. The third-order valence-electron chi connectivity index (χ3n) is 4.28. The lowest BCUT2D eigenvalue weighted by Crippen LogP contribution is -2.50. The van der Waals surface area contributed by atoms with Gasteiger partial charge in [0, 0.05) is 32.2 Å². The minimum atomic E-state index is -0.498. The van der Waals surface area contributed by atoms with Gasteiger partial charge in [-0.25, -0.2) is 4.39 Å². The molecule has 0 aliphatic carbocycles. The highest BCUT2D eigenvalue weighted by Gasteiger charge is 2.26. The molecule has 2 aliphatic heterocycles. The van der Waals surface area contributed by atoms with Crippen LogP contribution in [0.15, 0.2) is 18.2 Å². The van der Waals surface area contributed by atoms with Gasteiger partial charge in [0.05, 0.1) is 30.5 Å². The molecule has 3 unspecified atom stereocenters. The summed E-state index contributed by atoms with van der Waals surface area (Å²) >= 11 is 0. The molecule has 23 heavy (non-hydrogen) atoms. The standard InChI is InChI=1S/C17H25FN2O3/c1-12-8-19(9-13(2)23-12)10-15(21)11-20-5-6-22-17-4-3-14(18)7-16(17)20/h3-4,7,12-13,15,21H,5-6,8-11H2,1-2H3. The summed E-state index contributed by atoms with van der Waals surface area (Å²) in [5.41, 5.74) is 0.721. The molecule has 1 aromatic carbocycles. The van der Waals surface area contributed by atoms with Crippen LogP contribution in [0, 0.1) is 5.82 Å². The molecule has 1 aromatic rings. The third-order valence-corrected chi connectivity index (χ3v) is 4.28. The molecule has 3 atom stereocenters. The SMILES string of the molecule is CC1CN(CC(O)CN2CCOc3ccc(F)cc32)CC(C)O1. The van der Waals surface area contributed by atoms with E-state index in [1.54, 1.807) is 6.07 Å². The van der Waals surface area contributed by atoms with Gasteiger partial charge >= 0.3 is 0 Å². The predicted molar refractivity (Wildman–Crippen MR) is 86.6 cm³/mol. The summed E-state index contributed by atoms with van der Waals surface area (Å²) in [4.78, 5) is 4.23. The molecule has 0 radical (unpaired) electrons. The van der Waals surface area contributed by atoms with Crippen LogP contribution in [0.5, 0.6) is 5.75 Å². The van der Waals surface area contributed by atoms with Gasteiger partial charge in [-0.2, -0.15) is 0 Å². The molecule has 6 heteroatoms. The molecule has 2 heterocycles. The average Bonchev–Trinajstić information content (AvgIpc) is 2.46. The van der Waals surface area contributed by atoms with Crippen molar-refractivity contribution in [1.29, 1.82) is 0 Å². The van der Waals surface area contributed by atoms with Crippen LogP contribution in [0.2, 0.25) is 0 Å². The minimum Gasteiger partial charge on any atom is -0.490 e. The molecule has 0 saturated carbocycles. The number of hydrogen-bond donors (Lipinski definition) is 1. The second-order valence-electron chi connectivity index (χ2n) is 6.54. The summed E-state index contributed by atoms with van der Waals surface area (Å²) in [7, 11) is 0. The van der Waals surface area contributed by atoms with Crippen LogP contribution in [-0.4, -0.2) is 67.6 Å². The van der Waals surface area contributed by atoms with Crippen molar-refractivity contribution in [2.45, 2.75) is 32.2 Å². The van der Waals surface area contributed by atoms with Crippen LogP contribution in [0.4, 0.5) is 10.1 Å². The molecule has 1 N–H and O–H groups in total. The van der Waals surface area contributed by atoms with Gasteiger partial charge in [-0.05, 0) is 26.0 Å². The fourth-order valence-corrected chi connectivity index (χ4v) is 3.48. The van der Waals surface area contributed by atoms with E-state index >= 15 is 0 Å². The summed E-state index contributed by atoms with van der Waals surface area (Å²) in [5.74, 6) is 0.392. The van der Waals surface area contributed by atoms with Crippen molar-refractivity contribution >= 4 is 5.69 Å². The first-order valence-corrected chi connectivity index (χ1v) is 8.24. The maximum absolute atomic E-state index is 13.5. The van der Waals surface area contributed by atoms with Crippen molar-refractivity contribution in [3.8, 4) is 5.75 Å². The van der Waals surface area contributed by atoms with Crippen molar-refractivity contribution in [3.63, 3.8) is 0 Å². The zero-order valence-corrected chi connectivity index (χ0v) is 13.7. The third kappa shape index (κ3) is 4.13. The van der Waals surface area contributed by atoms with E-state index in [0.29, 0.717) is 32.0 Å². The molecule has 0 aromatic heterocycles. The molecule has 128 valence electrons. The Labute approximate surface area is 136 Å². The van der Waals surface area contributed by atoms with E-state index in [2.05, 4.69) is 18.7 Å². The number of rotatable bonds is 4. The normalized spacial score (nSPS) is 26.5. The summed E-state index contributed by atoms with van der Waals surface area (Å²) in [5, 5.41) is 10.5. The lowest BCUT2D eigenvalue weighted by atomic mass is 10.2. The quantitative estimate of drug-likeness (QED) is 0.909. The summed E-state index contributed by atoms with van der Waals surface area (Å²) in [6, 6.07) is 4.52. The summed E-state index contributed by atoms with van der Waals surface area (Å²) in [6.45, 7) is 8.04. The average molecular weight is 324 g/mol. The molecule has 2 aliphatic rings. The fraction of sp³-hybridized carbons (Fsp3) is 0.647. The van der Waals surface area contributed by atoms with E-state index in [1.165, 1.54) is 12.1 Å². The maximum Gasteiger partial charge on any atom is 0.142 e. The summed E-state index contributed by atoms with van der Waals surface area (Å²) < 4.78 is 24.8. The van der Waals surface area contributed by atoms with Gasteiger partial charge in [-0.3, -0.25) is 4.90 Å². The van der Waals surface area contributed by atoms with Gasteiger partial charge in [0.2, 0.25) is 0 Å². The Hall–Kier alpha value is -1.37. The number of hydrogen-bond acceptors (Lipinski definition) is 5. The topological polar surface area (TPSA) is 45.2 Å². The molecule has 1 fully saturated rings. The van der Waals surface area contributed by atoms with Crippen LogP contribution in [0.3, 0.4) is 0 Å². The van der Waals surface area contributed by atoms with Gasteiger partial charge in [-0.15, -0.1) is 0 Å². The zero-order valence-electron chi connectivity index (χ0n) is 13.7. The highest BCUT2D eigenvalue weighted by Crippen LogP contribution is 2.32. The monoisotopic (exact) mass is 324 g/mol. The van der Waals surface area contributed by atoms with Crippen molar-refractivity contribution in [2.75, 3.05) is 44.2 Å². The van der Waals surface area contributed by atoms with Crippen LogP contribution in [0.1, 0.15) is 13.8 Å². The number of β-amino-alcohol motifs (C(OH)–C–C–N with tert-alkyl or cyclic N) is 1. The second kappa shape index (κ2) is 7.03. The van der Waals surface area contributed by atoms with Crippen LogP contribution in [-0.2, 0) is 4.74 Å². The number of morpholine rings is 1. The Morgan fingerprint density at radius 2 is 2.00 bits per heavy atom. The largest absolute Gasteiger partial charge is 0.490 e. The van der Waals surface area contributed by atoms with E-state index in [9.17, 15) is 9.50 Å². The first-order valence-electron chi connectivity index (χ1n) is 8.24. The Morgan fingerprint density at radius 1 is 1.26 bits per heavy atom. The van der Waals surface area contributed by atoms with Crippen LogP contribution >= 0.6 is 0 Å². The highest BCUT2D eigenvalue weighted by atomic mass is 19.1. The second-order valence-corrected chi connectivity index (χ2v) is 6.54. The van der Waals surface area contributed by atoms with Crippen molar-refractivity contribution in [2.24, 2.45) is 0 Å². The van der Waals surface area contributed by atoms with E-state index in [-0.39, 0.29) is 18.0 Å². The predicted octanol–water partition coefficient (Wildman–Crippen LogP) is 1.49. The Bertz CT molecular complexity index is 533. The number of fused-ring (bicyclic) bond motifs is 1. The maximum atomic E-state index is 13.5. The van der Waals surface area contributed by atoms with Gasteiger partial charge in [-0.1, -0.05) is 0 Å². The molecule has 1 saturated heterocycles. The van der Waals surface area contributed by atoms with Crippen molar-refractivity contribution < 1.29 is 19.0 Å². The lowest BCUT2D eigenvalue weighted by Gasteiger charge is -2.38. The van der Waals surface area contributed by atoms with Crippen molar-refractivity contribution in [1.82, 2.24) is 4.90 Å². The van der Waals surface area contributed by atoms with E-state index in [1.807, 2.05) is 4.90 Å². The molecule has 0 bridgehead atoms. The van der Waals surface area contributed by atoms with Crippen LogP contribution < -0.4 is 9.64 Å². The molecule has 3 rings (SSSR count). The zero-order chi connectivity index (χ0) is 16.4. The van der Waals surface area contributed by atoms with Gasteiger partial charge in [0.15, 0.2) is 0 Å². The van der Waals surface area contributed by atoms with Gasteiger partial charge < -0.3 is 19.5 Å². The van der Waals surface area contributed by atoms with Gasteiger partial charge in [0.1, 0.15) is 18.2 Å². The number of nitrogens with zero attached hydrogens (tertiary/aromatic N) is 2. The molecular weight excluding hydrogens is 299 g/mol. The number of halogens is 1. The Kier molecular flexibility index (Phi) is 5.04. The Morgan fingerprint density at radius 3 is 2.74 bits per heavy atom. The Balaban J connectivity index is 1.60. The molecule has 5 nitrogen and oxygen atoms in total. The molecular formula is C17H25FN2O3. The van der Waals surface area contributed by atoms with Gasteiger partial charge in [0.25, 0.3) is 0 Å². The van der Waals surface area contributed by atoms with Crippen LogP contribution in [0.25, 0.3) is 0 Å². The van der Waals surface area contributed by atoms with E-state index in [0.717, 1.165) is 18.8 Å². The first-order chi connectivity index (χ1) is 11.0. The van der Waals surface area contributed by atoms with Crippen molar-refractivity contribution in [3.05, 3.63) is 24.0 Å². The smallest absolute Gasteiger partial charge is 0.142 e. The molecule has 0 amide bonds. The number of aliphatic hydroxyl groups is 1. The lowest BCUT2D eigenvalue weighted by molar-refractivity contribution is -0.0759. The fourth-order valence-electron chi connectivity index (χ4n) is 3.48. The molecule has 0 spiro atoms. The summed E-state index contributed by atoms with van der Waals surface area (Å²) in [6.07, 6.45) is -0.130. The number of ether oxygens (including phenoxy) is 2. The minimum absolute atomic E-state index is 0.184. The number of aliphatic hydroxyl groups excluding tert-OH is 1. The van der Waals surface area contributed by atoms with E-state index in [4.69, 9.17) is 9.47 Å². The van der Waals surface area contributed by atoms with E-state index < -0.39 is 6.10 Å².